The topological polar surface area (TPSA) is 119 Å². The van der Waals surface area contributed by atoms with E-state index in [4.69, 9.17) is 10.5 Å². The lowest BCUT2D eigenvalue weighted by Gasteiger charge is -2.31. The number of nitrogens with two attached hydrogens (primary N) is 1. The molecule has 3 rings (SSSR count). The van der Waals surface area contributed by atoms with Gasteiger partial charge in [0, 0.05) is 24.5 Å². The Morgan fingerprint density at radius 1 is 1.38 bits per heavy atom. The number of rotatable bonds is 3. The van der Waals surface area contributed by atoms with Crippen molar-refractivity contribution in [2.45, 2.75) is 18.4 Å². The minimum absolute atomic E-state index is 0.198. The number of nitrogens with one attached hydrogen (secondary N) is 2. The van der Waals surface area contributed by atoms with E-state index in [9.17, 15) is 4.79 Å². The predicted molar refractivity (Wildman–Crippen MR) is 75.2 cm³/mol. The number of tetrazole rings is 1. The van der Waals surface area contributed by atoms with Crippen LogP contribution in [0.15, 0.2) is 24.3 Å². The van der Waals surface area contributed by atoms with Crippen molar-refractivity contribution in [3.63, 3.8) is 0 Å². The maximum atomic E-state index is 12.3. The van der Waals surface area contributed by atoms with Crippen LogP contribution in [0, 0.1) is 0 Å². The lowest BCUT2D eigenvalue weighted by molar-refractivity contribution is -0.124. The first-order valence-electron chi connectivity index (χ1n) is 6.69. The van der Waals surface area contributed by atoms with Gasteiger partial charge in [0.2, 0.25) is 11.7 Å². The fraction of sp³-hybridized carbons (Fsp3) is 0.385. The zero-order valence-electron chi connectivity index (χ0n) is 11.4. The van der Waals surface area contributed by atoms with E-state index in [1.54, 1.807) is 12.1 Å². The summed E-state index contributed by atoms with van der Waals surface area (Å²) in [6.45, 7) is 1.01. The minimum atomic E-state index is -0.875. The van der Waals surface area contributed by atoms with Gasteiger partial charge in [0.1, 0.15) is 5.54 Å². The van der Waals surface area contributed by atoms with Crippen molar-refractivity contribution in [1.29, 1.82) is 0 Å². The van der Waals surface area contributed by atoms with E-state index in [-0.39, 0.29) is 5.91 Å². The monoisotopic (exact) mass is 288 g/mol. The molecule has 8 heteroatoms. The van der Waals surface area contributed by atoms with Crippen molar-refractivity contribution in [2.75, 3.05) is 18.5 Å². The van der Waals surface area contributed by atoms with Crippen molar-refractivity contribution in [1.82, 2.24) is 20.6 Å². The largest absolute Gasteiger partial charge is 0.381 e. The molecule has 2 aromatic rings. The number of hydrogen-bond acceptors (Lipinski definition) is 6. The highest BCUT2D eigenvalue weighted by Crippen LogP contribution is 2.22. The van der Waals surface area contributed by atoms with Gasteiger partial charge in [-0.05, 0) is 30.2 Å². The van der Waals surface area contributed by atoms with E-state index in [0.717, 1.165) is 5.56 Å². The number of ether oxygens (including phenoxy) is 1. The summed E-state index contributed by atoms with van der Waals surface area (Å²) >= 11 is 0. The summed E-state index contributed by atoms with van der Waals surface area (Å²) in [6.07, 6.45) is 1.03. The van der Waals surface area contributed by atoms with E-state index in [0.29, 0.717) is 37.6 Å². The highest BCUT2D eigenvalue weighted by Gasteiger charge is 2.35. The van der Waals surface area contributed by atoms with Gasteiger partial charge >= 0.3 is 0 Å². The fourth-order valence-electron chi connectivity index (χ4n) is 2.24. The minimum Gasteiger partial charge on any atom is -0.381 e. The molecule has 0 atom stereocenters. The van der Waals surface area contributed by atoms with Gasteiger partial charge < -0.3 is 15.8 Å². The molecule has 1 aromatic heterocycles. The molecule has 1 amide bonds. The number of aromatic nitrogens is 4. The predicted octanol–water partition coefficient (Wildman–Crippen LogP) is 0.313. The summed E-state index contributed by atoms with van der Waals surface area (Å²) in [6, 6.07) is 7.23. The number of carbonyl (C=O) groups excluding carboxylic acids is 1. The fourth-order valence-corrected chi connectivity index (χ4v) is 2.24. The second-order valence-corrected chi connectivity index (χ2v) is 5.04. The van der Waals surface area contributed by atoms with Gasteiger partial charge in [-0.1, -0.05) is 12.1 Å². The van der Waals surface area contributed by atoms with Crippen LogP contribution in [0.1, 0.15) is 12.8 Å². The molecule has 21 heavy (non-hydrogen) atoms. The molecule has 0 bridgehead atoms. The number of H-pyrrole nitrogens is 1. The molecule has 0 unspecified atom stereocenters. The number of nitrogens with zero attached hydrogens (tertiary/aromatic N) is 3. The smallest absolute Gasteiger partial charge is 0.244 e. The number of benzene rings is 1. The quantitative estimate of drug-likeness (QED) is 0.748. The Morgan fingerprint density at radius 3 is 2.90 bits per heavy atom. The molecule has 0 aliphatic carbocycles. The first-order chi connectivity index (χ1) is 10.2. The standard InChI is InChI=1S/C13H16N6O2/c14-13(4-6-21-7-5-13)12(20)15-10-3-1-2-9(8-10)11-16-18-19-17-11/h1-3,8H,4-7,14H2,(H,15,20)(H,16,17,18,19). The van der Waals surface area contributed by atoms with Gasteiger partial charge in [0.15, 0.2) is 0 Å². The Labute approximate surface area is 121 Å². The summed E-state index contributed by atoms with van der Waals surface area (Å²) in [7, 11) is 0. The maximum absolute atomic E-state index is 12.3. The molecule has 0 saturated carbocycles. The third-order valence-electron chi connectivity index (χ3n) is 3.56. The number of anilines is 1. The highest BCUT2D eigenvalue weighted by atomic mass is 16.5. The molecule has 110 valence electrons. The van der Waals surface area contributed by atoms with Crippen molar-refractivity contribution < 1.29 is 9.53 Å². The molecule has 8 nitrogen and oxygen atoms in total. The summed E-state index contributed by atoms with van der Waals surface area (Å²) < 4.78 is 5.25. The van der Waals surface area contributed by atoms with Crippen LogP contribution < -0.4 is 11.1 Å². The lowest BCUT2D eigenvalue weighted by atomic mass is 9.90. The van der Waals surface area contributed by atoms with E-state index in [1.165, 1.54) is 0 Å². The normalized spacial score (nSPS) is 17.4. The van der Waals surface area contributed by atoms with Crippen LogP contribution >= 0.6 is 0 Å². The van der Waals surface area contributed by atoms with E-state index in [2.05, 4.69) is 25.9 Å². The number of carbonyl (C=O) groups is 1. The molecule has 4 N–H and O–H groups in total. The Morgan fingerprint density at radius 2 is 2.19 bits per heavy atom. The number of aromatic amines is 1. The Kier molecular flexibility index (Phi) is 3.63. The van der Waals surface area contributed by atoms with Crippen LogP contribution in [0.4, 0.5) is 5.69 Å². The van der Waals surface area contributed by atoms with Gasteiger partial charge in [0.05, 0.1) is 0 Å². The SMILES string of the molecule is NC1(C(=O)Nc2cccc(-c3nn[nH]n3)c2)CCOCC1. The molecule has 2 heterocycles. The first-order valence-corrected chi connectivity index (χ1v) is 6.69. The third-order valence-corrected chi connectivity index (χ3v) is 3.56. The van der Waals surface area contributed by atoms with Crippen LogP contribution in [-0.4, -0.2) is 45.3 Å². The van der Waals surface area contributed by atoms with Crippen molar-refractivity contribution in [3.8, 4) is 11.4 Å². The molecule has 1 aliphatic rings. The molecule has 1 aromatic carbocycles. The van der Waals surface area contributed by atoms with Crippen LogP contribution in [-0.2, 0) is 9.53 Å². The molecule has 1 aliphatic heterocycles. The van der Waals surface area contributed by atoms with E-state index >= 15 is 0 Å². The molecular formula is C13H16N6O2. The molecule has 0 spiro atoms. The number of amides is 1. The third kappa shape index (κ3) is 2.91. The Balaban J connectivity index is 1.76. The van der Waals surface area contributed by atoms with Crippen LogP contribution in [0.3, 0.4) is 0 Å². The van der Waals surface area contributed by atoms with Crippen molar-refractivity contribution >= 4 is 11.6 Å². The van der Waals surface area contributed by atoms with Crippen molar-refractivity contribution in [3.05, 3.63) is 24.3 Å². The second-order valence-electron chi connectivity index (χ2n) is 5.04. The van der Waals surface area contributed by atoms with E-state index in [1.807, 2.05) is 12.1 Å². The van der Waals surface area contributed by atoms with Crippen LogP contribution in [0.5, 0.6) is 0 Å². The van der Waals surface area contributed by atoms with Crippen LogP contribution in [0.25, 0.3) is 11.4 Å². The molecule has 1 saturated heterocycles. The van der Waals surface area contributed by atoms with Gasteiger partial charge in [-0.3, -0.25) is 4.79 Å². The average molecular weight is 288 g/mol. The Hall–Kier alpha value is -2.32. The number of hydrogen-bond donors (Lipinski definition) is 3. The zero-order chi connectivity index (χ0) is 14.7. The van der Waals surface area contributed by atoms with Gasteiger partial charge in [-0.25, -0.2) is 0 Å². The van der Waals surface area contributed by atoms with Gasteiger partial charge in [-0.2, -0.15) is 5.21 Å². The summed E-state index contributed by atoms with van der Waals surface area (Å²) in [5.41, 5.74) is 6.69. The van der Waals surface area contributed by atoms with Gasteiger partial charge in [0.25, 0.3) is 0 Å². The molecular weight excluding hydrogens is 272 g/mol. The molecule has 1 fully saturated rings. The zero-order valence-corrected chi connectivity index (χ0v) is 11.4. The maximum Gasteiger partial charge on any atom is 0.244 e. The first kappa shape index (κ1) is 13.7. The van der Waals surface area contributed by atoms with Gasteiger partial charge in [-0.15, -0.1) is 10.2 Å². The molecule has 0 radical (unpaired) electrons. The second kappa shape index (κ2) is 5.58. The lowest BCUT2D eigenvalue weighted by Crippen LogP contribution is -2.54. The highest BCUT2D eigenvalue weighted by molar-refractivity contribution is 5.98. The summed E-state index contributed by atoms with van der Waals surface area (Å²) in [5.74, 6) is 0.274. The average Bonchev–Trinajstić information content (AvgIpc) is 3.02. The summed E-state index contributed by atoms with van der Waals surface area (Å²) in [5, 5.41) is 16.6. The van der Waals surface area contributed by atoms with Crippen LogP contribution in [0.2, 0.25) is 0 Å². The van der Waals surface area contributed by atoms with Crippen molar-refractivity contribution in [2.24, 2.45) is 5.73 Å². The summed E-state index contributed by atoms with van der Waals surface area (Å²) in [4.78, 5) is 12.3. The Bertz CT molecular complexity index is 621. The van der Waals surface area contributed by atoms with E-state index < -0.39 is 5.54 Å².